The molecule has 1 saturated heterocycles. The molecule has 0 aliphatic carbocycles. The smallest absolute Gasteiger partial charge is 0.287 e. The Kier molecular flexibility index (Phi) is 4.93. The molecule has 2 heterocycles. The maximum absolute atomic E-state index is 13.2. The predicted molar refractivity (Wildman–Crippen MR) is 92.9 cm³/mol. The van der Waals surface area contributed by atoms with Gasteiger partial charge in [-0.05, 0) is 46.6 Å². The van der Waals surface area contributed by atoms with Crippen molar-refractivity contribution in [1.29, 1.82) is 0 Å². The largest absolute Gasteiger partial charge is 0.365 e. The van der Waals surface area contributed by atoms with E-state index in [2.05, 4.69) is 26.2 Å². The molecule has 0 radical (unpaired) electrons. The summed E-state index contributed by atoms with van der Waals surface area (Å²) in [6, 6.07) is 6.89. The van der Waals surface area contributed by atoms with E-state index in [9.17, 15) is 19.3 Å². The minimum atomic E-state index is -0.507. The Morgan fingerprint density at radius 1 is 1.40 bits per heavy atom. The fourth-order valence-corrected chi connectivity index (χ4v) is 3.20. The van der Waals surface area contributed by atoms with Crippen LogP contribution in [0.1, 0.15) is 16.8 Å². The van der Waals surface area contributed by atoms with E-state index in [4.69, 9.17) is 0 Å². The Bertz CT molecular complexity index is 816. The normalized spacial score (nSPS) is 16.7. The van der Waals surface area contributed by atoms with Gasteiger partial charge in [0.2, 0.25) is 0 Å². The molecule has 3 rings (SSSR count). The van der Waals surface area contributed by atoms with E-state index in [1.54, 1.807) is 11.0 Å². The molecule has 1 aliphatic rings. The molecule has 1 N–H and O–H groups in total. The standard InChI is InChI=1S/C16H14BrFN4O3/c17-14-7-10(18)1-3-13(14)16(23)21-6-5-11(9-21)20-15-4-2-12(8-19-15)22(24)25/h1-4,7-8,11H,5-6,9H2,(H,19,20)/t11-/m1/s1. The third-order valence-corrected chi connectivity index (χ3v) is 4.60. The number of halogens is 2. The Hall–Kier alpha value is -2.55. The van der Waals surface area contributed by atoms with Gasteiger partial charge in [-0.15, -0.1) is 0 Å². The third-order valence-electron chi connectivity index (χ3n) is 3.95. The lowest BCUT2D eigenvalue weighted by atomic mass is 10.2. The highest BCUT2D eigenvalue weighted by Crippen LogP contribution is 2.23. The van der Waals surface area contributed by atoms with Crippen molar-refractivity contribution in [2.45, 2.75) is 12.5 Å². The molecule has 1 aliphatic heterocycles. The van der Waals surface area contributed by atoms with Crippen molar-refractivity contribution in [3.63, 3.8) is 0 Å². The van der Waals surface area contributed by atoms with Gasteiger partial charge in [-0.3, -0.25) is 14.9 Å². The van der Waals surface area contributed by atoms with Crippen molar-refractivity contribution in [3.05, 3.63) is 62.5 Å². The number of anilines is 1. The maximum Gasteiger partial charge on any atom is 0.287 e. The molecule has 1 atom stereocenters. The summed E-state index contributed by atoms with van der Waals surface area (Å²) in [6.07, 6.45) is 1.92. The van der Waals surface area contributed by atoms with E-state index in [0.29, 0.717) is 28.9 Å². The minimum absolute atomic E-state index is 0.00266. The lowest BCUT2D eigenvalue weighted by Crippen LogP contribution is -2.32. The zero-order valence-corrected chi connectivity index (χ0v) is 14.6. The number of aromatic nitrogens is 1. The first-order valence-corrected chi connectivity index (χ1v) is 8.34. The molecule has 0 bridgehead atoms. The first kappa shape index (κ1) is 17.3. The highest BCUT2D eigenvalue weighted by Gasteiger charge is 2.28. The summed E-state index contributed by atoms with van der Waals surface area (Å²) < 4.78 is 13.6. The van der Waals surface area contributed by atoms with Crippen LogP contribution in [0.3, 0.4) is 0 Å². The number of benzene rings is 1. The van der Waals surface area contributed by atoms with Crippen LogP contribution in [0, 0.1) is 15.9 Å². The van der Waals surface area contributed by atoms with Gasteiger partial charge in [0.05, 0.1) is 10.5 Å². The number of nitrogens with zero attached hydrogens (tertiary/aromatic N) is 3. The number of likely N-dealkylation sites (tertiary alicyclic amines) is 1. The van der Waals surface area contributed by atoms with Crippen LogP contribution in [-0.2, 0) is 0 Å². The maximum atomic E-state index is 13.2. The van der Waals surface area contributed by atoms with Crippen LogP contribution < -0.4 is 5.32 Å². The van der Waals surface area contributed by atoms with E-state index in [0.717, 1.165) is 6.42 Å². The Morgan fingerprint density at radius 3 is 2.84 bits per heavy atom. The topological polar surface area (TPSA) is 88.4 Å². The molecule has 7 nitrogen and oxygen atoms in total. The number of amides is 1. The van der Waals surface area contributed by atoms with Crippen LogP contribution in [0.15, 0.2) is 41.0 Å². The van der Waals surface area contributed by atoms with Gasteiger partial charge in [0.15, 0.2) is 0 Å². The fourth-order valence-electron chi connectivity index (χ4n) is 2.68. The summed E-state index contributed by atoms with van der Waals surface area (Å²) >= 11 is 3.21. The van der Waals surface area contributed by atoms with Crippen molar-refractivity contribution in [2.24, 2.45) is 0 Å². The number of rotatable bonds is 4. The zero-order valence-electron chi connectivity index (χ0n) is 13.0. The highest BCUT2D eigenvalue weighted by molar-refractivity contribution is 9.10. The van der Waals surface area contributed by atoms with Gasteiger partial charge in [0.1, 0.15) is 17.8 Å². The van der Waals surface area contributed by atoms with Gasteiger partial charge in [-0.25, -0.2) is 9.37 Å². The molecule has 0 saturated carbocycles. The Labute approximate surface area is 151 Å². The summed E-state index contributed by atoms with van der Waals surface area (Å²) in [6.45, 7) is 1.04. The van der Waals surface area contributed by atoms with Crippen molar-refractivity contribution >= 4 is 33.3 Å². The second-order valence-corrected chi connectivity index (χ2v) is 6.52. The molecule has 2 aromatic rings. The summed E-state index contributed by atoms with van der Waals surface area (Å²) in [5.41, 5.74) is 0.338. The van der Waals surface area contributed by atoms with E-state index in [1.165, 1.54) is 30.5 Å². The average molecular weight is 409 g/mol. The lowest BCUT2D eigenvalue weighted by molar-refractivity contribution is -0.385. The van der Waals surface area contributed by atoms with Crippen molar-refractivity contribution < 1.29 is 14.1 Å². The number of pyridine rings is 1. The van der Waals surface area contributed by atoms with E-state index < -0.39 is 10.7 Å². The van der Waals surface area contributed by atoms with Crippen LogP contribution in [0.5, 0.6) is 0 Å². The molecule has 9 heteroatoms. The third kappa shape index (κ3) is 3.93. The second kappa shape index (κ2) is 7.14. The monoisotopic (exact) mass is 408 g/mol. The van der Waals surface area contributed by atoms with Crippen LogP contribution in [0.2, 0.25) is 0 Å². The summed E-state index contributed by atoms with van der Waals surface area (Å²) in [5, 5.41) is 13.8. The van der Waals surface area contributed by atoms with Gasteiger partial charge in [-0.1, -0.05) is 0 Å². The van der Waals surface area contributed by atoms with E-state index in [1.807, 2.05) is 0 Å². The fraction of sp³-hybridized carbons (Fsp3) is 0.250. The SMILES string of the molecule is O=C(c1ccc(F)cc1Br)N1CC[C@@H](Nc2ccc([N+](=O)[O-])cn2)C1. The molecular weight excluding hydrogens is 395 g/mol. The van der Waals surface area contributed by atoms with E-state index in [-0.39, 0.29) is 17.6 Å². The van der Waals surface area contributed by atoms with Gasteiger partial charge in [0, 0.05) is 29.7 Å². The lowest BCUT2D eigenvalue weighted by Gasteiger charge is -2.18. The van der Waals surface area contributed by atoms with Crippen molar-refractivity contribution in [2.75, 3.05) is 18.4 Å². The quantitative estimate of drug-likeness (QED) is 0.619. The molecule has 130 valence electrons. The second-order valence-electron chi connectivity index (χ2n) is 5.66. The summed E-state index contributed by atoms with van der Waals surface area (Å²) in [5.74, 6) is -0.0608. The van der Waals surface area contributed by atoms with Crippen LogP contribution in [0.25, 0.3) is 0 Å². The average Bonchev–Trinajstić information content (AvgIpc) is 3.03. The predicted octanol–water partition coefficient (Wildman–Crippen LogP) is 3.22. The zero-order chi connectivity index (χ0) is 18.0. The number of hydrogen-bond donors (Lipinski definition) is 1. The minimum Gasteiger partial charge on any atom is -0.365 e. The Balaban J connectivity index is 1.63. The Morgan fingerprint density at radius 2 is 2.20 bits per heavy atom. The van der Waals surface area contributed by atoms with Crippen molar-refractivity contribution in [1.82, 2.24) is 9.88 Å². The molecule has 25 heavy (non-hydrogen) atoms. The number of carbonyl (C=O) groups excluding carboxylic acids is 1. The first-order valence-electron chi connectivity index (χ1n) is 7.55. The van der Waals surface area contributed by atoms with Gasteiger partial charge in [-0.2, -0.15) is 0 Å². The number of carbonyl (C=O) groups is 1. The highest BCUT2D eigenvalue weighted by atomic mass is 79.9. The molecule has 1 aromatic carbocycles. The molecule has 1 amide bonds. The summed E-state index contributed by atoms with van der Waals surface area (Å²) in [4.78, 5) is 28.4. The molecule has 1 aromatic heterocycles. The van der Waals surface area contributed by atoms with Crippen LogP contribution >= 0.6 is 15.9 Å². The van der Waals surface area contributed by atoms with Gasteiger partial charge >= 0.3 is 0 Å². The number of nitro groups is 1. The van der Waals surface area contributed by atoms with E-state index >= 15 is 0 Å². The van der Waals surface area contributed by atoms with Gasteiger partial charge < -0.3 is 10.2 Å². The summed E-state index contributed by atoms with van der Waals surface area (Å²) in [7, 11) is 0. The molecule has 0 spiro atoms. The van der Waals surface area contributed by atoms with Crippen LogP contribution in [0.4, 0.5) is 15.9 Å². The van der Waals surface area contributed by atoms with Crippen molar-refractivity contribution in [3.8, 4) is 0 Å². The molecule has 1 fully saturated rings. The number of nitrogens with one attached hydrogen (secondary N) is 1. The molecular formula is C16H14BrFN4O3. The van der Waals surface area contributed by atoms with Gasteiger partial charge in [0.25, 0.3) is 11.6 Å². The first-order chi connectivity index (χ1) is 11.9. The number of hydrogen-bond acceptors (Lipinski definition) is 5. The van der Waals surface area contributed by atoms with Crippen LogP contribution in [-0.4, -0.2) is 39.8 Å². The molecule has 0 unspecified atom stereocenters.